The molecule has 0 saturated carbocycles. The Kier molecular flexibility index (Phi) is 2.92. The van der Waals surface area contributed by atoms with Crippen molar-refractivity contribution in [2.45, 2.75) is 0 Å². The predicted molar refractivity (Wildman–Crippen MR) is 57.9 cm³/mol. The fourth-order valence-corrected chi connectivity index (χ4v) is 1.42. The minimum absolute atomic E-state index is 0.141. The maximum absolute atomic E-state index is 11.9. The Labute approximate surface area is 96.8 Å². The van der Waals surface area contributed by atoms with Crippen molar-refractivity contribution in [1.29, 1.82) is 0 Å². The third-order valence-electron chi connectivity index (χ3n) is 2.00. The van der Waals surface area contributed by atoms with E-state index >= 15 is 0 Å². The van der Waals surface area contributed by atoms with Crippen LogP contribution in [0.25, 0.3) is 0 Å². The smallest absolute Gasteiger partial charge is 0.250 e. The van der Waals surface area contributed by atoms with Crippen molar-refractivity contribution >= 4 is 17.4 Å². The minimum Gasteiger partial charge on any atom is -0.494 e. The van der Waals surface area contributed by atoms with Gasteiger partial charge < -0.3 is 9.15 Å². The first-order valence-electron chi connectivity index (χ1n) is 4.51. The fourth-order valence-electron chi connectivity index (χ4n) is 1.28. The average Bonchev–Trinajstić information content (AvgIpc) is 2.75. The van der Waals surface area contributed by atoms with Gasteiger partial charge in [0.05, 0.1) is 7.11 Å². The molecule has 0 amide bonds. The van der Waals surface area contributed by atoms with Crippen LogP contribution in [0.3, 0.4) is 0 Å². The molecule has 0 aromatic carbocycles. The summed E-state index contributed by atoms with van der Waals surface area (Å²) in [7, 11) is 1.48. The third-order valence-corrected chi connectivity index (χ3v) is 2.21. The van der Waals surface area contributed by atoms with Gasteiger partial charge in [0, 0.05) is 6.20 Å². The Hall–Kier alpha value is -1.81. The second-order valence-corrected chi connectivity index (χ2v) is 3.36. The van der Waals surface area contributed by atoms with E-state index < -0.39 is 0 Å². The fraction of sp³-hybridized carbons (Fsp3) is 0.0909. The largest absolute Gasteiger partial charge is 0.494 e. The maximum Gasteiger partial charge on any atom is 0.250 e. The number of furan rings is 1. The van der Waals surface area contributed by atoms with E-state index in [0.717, 1.165) is 0 Å². The molecule has 0 aliphatic carbocycles. The van der Waals surface area contributed by atoms with Crippen LogP contribution in [-0.4, -0.2) is 17.9 Å². The highest BCUT2D eigenvalue weighted by molar-refractivity contribution is 6.29. The number of pyridine rings is 1. The van der Waals surface area contributed by atoms with Gasteiger partial charge in [-0.1, -0.05) is 0 Å². The monoisotopic (exact) mass is 237 g/mol. The van der Waals surface area contributed by atoms with Gasteiger partial charge in [-0.3, -0.25) is 4.79 Å². The number of methoxy groups -OCH3 is 1. The lowest BCUT2D eigenvalue weighted by Crippen LogP contribution is -2.05. The van der Waals surface area contributed by atoms with Crippen LogP contribution in [0, 0.1) is 0 Å². The van der Waals surface area contributed by atoms with Crippen molar-refractivity contribution in [3.8, 4) is 5.75 Å². The molecule has 4 nitrogen and oxygen atoms in total. The molecule has 0 bridgehead atoms. The zero-order chi connectivity index (χ0) is 11.5. The minimum atomic E-state index is -0.357. The van der Waals surface area contributed by atoms with Gasteiger partial charge in [-0.2, -0.15) is 0 Å². The number of halogens is 1. The highest BCUT2D eigenvalue weighted by Crippen LogP contribution is 2.21. The van der Waals surface area contributed by atoms with E-state index in [0.29, 0.717) is 5.75 Å². The summed E-state index contributed by atoms with van der Waals surface area (Å²) in [6.07, 6.45) is 1.51. The van der Waals surface area contributed by atoms with Gasteiger partial charge in [-0.25, -0.2) is 4.98 Å². The van der Waals surface area contributed by atoms with Gasteiger partial charge in [0.25, 0.3) is 0 Å². The van der Waals surface area contributed by atoms with Crippen LogP contribution in [0.2, 0.25) is 5.22 Å². The van der Waals surface area contributed by atoms with Crippen LogP contribution in [0.1, 0.15) is 16.2 Å². The number of aromatic nitrogens is 1. The summed E-state index contributed by atoms with van der Waals surface area (Å²) < 4.78 is 10.1. The molecule has 82 valence electrons. The number of ether oxygens (including phenoxy) is 1. The van der Waals surface area contributed by atoms with Gasteiger partial charge in [0.15, 0.2) is 16.7 Å². The molecule has 0 radical (unpaired) electrons. The molecule has 0 spiro atoms. The Morgan fingerprint density at radius 2 is 2.25 bits per heavy atom. The molecule has 0 N–H and O–H groups in total. The van der Waals surface area contributed by atoms with Gasteiger partial charge >= 0.3 is 0 Å². The van der Waals surface area contributed by atoms with E-state index in [-0.39, 0.29) is 22.5 Å². The third kappa shape index (κ3) is 1.92. The van der Waals surface area contributed by atoms with E-state index in [2.05, 4.69) is 4.98 Å². The SMILES string of the molecule is COc1cccnc1C(=O)c1ccc(Cl)o1. The van der Waals surface area contributed by atoms with Crippen LogP contribution >= 0.6 is 11.6 Å². The molecular weight excluding hydrogens is 230 g/mol. The lowest BCUT2D eigenvalue weighted by atomic mass is 10.2. The van der Waals surface area contributed by atoms with E-state index in [4.69, 9.17) is 20.8 Å². The molecule has 5 heteroatoms. The molecule has 0 saturated heterocycles. The molecular formula is C11H8ClNO3. The van der Waals surface area contributed by atoms with E-state index in [1.54, 1.807) is 12.1 Å². The van der Waals surface area contributed by atoms with Crippen LogP contribution in [0.5, 0.6) is 5.75 Å². The Bertz CT molecular complexity index is 521. The zero-order valence-corrected chi connectivity index (χ0v) is 9.19. The number of hydrogen-bond acceptors (Lipinski definition) is 4. The molecule has 0 fully saturated rings. The van der Waals surface area contributed by atoms with Crippen molar-refractivity contribution in [3.05, 3.63) is 47.1 Å². The van der Waals surface area contributed by atoms with Gasteiger partial charge in [0.1, 0.15) is 5.75 Å². The van der Waals surface area contributed by atoms with E-state index in [1.165, 1.54) is 25.4 Å². The summed E-state index contributed by atoms with van der Waals surface area (Å²) in [5.74, 6) is 0.186. The molecule has 2 aromatic heterocycles. The number of carbonyl (C=O) groups excluding carboxylic acids is 1. The first-order valence-corrected chi connectivity index (χ1v) is 4.89. The summed E-state index contributed by atoms with van der Waals surface area (Å²) in [5, 5.41) is 0.165. The Balaban J connectivity index is 2.41. The van der Waals surface area contributed by atoms with Crippen molar-refractivity contribution in [1.82, 2.24) is 4.98 Å². The van der Waals surface area contributed by atoms with Gasteiger partial charge in [-0.05, 0) is 35.9 Å². The molecule has 2 heterocycles. The first-order chi connectivity index (χ1) is 7.72. The van der Waals surface area contributed by atoms with Crippen LogP contribution in [0.15, 0.2) is 34.9 Å². The average molecular weight is 238 g/mol. The number of rotatable bonds is 3. The molecule has 16 heavy (non-hydrogen) atoms. The van der Waals surface area contributed by atoms with E-state index in [9.17, 15) is 4.79 Å². The lowest BCUT2D eigenvalue weighted by Gasteiger charge is -2.03. The molecule has 0 unspecified atom stereocenters. The quantitative estimate of drug-likeness (QED) is 0.770. The summed E-state index contributed by atoms with van der Waals surface area (Å²) in [5.41, 5.74) is 0.205. The number of ketones is 1. The van der Waals surface area contributed by atoms with Gasteiger partial charge in [0.2, 0.25) is 5.78 Å². The van der Waals surface area contributed by atoms with Crippen molar-refractivity contribution < 1.29 is 13.9 Å². The van der Waals surface area contributed by atoms with Crippen molar-refractivity contribution in [3.63, 3.8) is 0 Å². The molecule has 2 aromatic rings. The van der Waals surface area contributed by atoms with Crippen molar-refractivity contribution in [2.75, 3.05) is 7.11 Å². The summed E-state index contributed by atoms with van der Waals surface area (Å²) in [6, 6.07) is 6.35. The van der Waals surface area contributed by atoms with Crippen LogP contribution in [0.4, 0.5) is 0 Å². The van der Waals surface area contributed by atoms with Crippen LogP contribution < -0.4 is 4.74 Å². The Morgan fingerprint density at radius 1 is 1.44 bits per heavy atom. The summed E-state index contributed by atoms with van der Waals surface area (Å²) in [4.78, 5) is 15.9. The zero-order valence-electron chi connectivity index (χ0n) is 8.44. The number of nitrogens with zero attached hydrogens (tertiary/aromatic N) is 1. The van der Waals surface area contributed by atoms with Gasteiger partial charge in [-0.15, -0.1) is 0 Å². The standard InChI is InChI=1S/C11H8ClNO3/c1-15-7-3-2-6-13-10(7)11(14)8-4-5-9(12)16-8/h2-6H,1H3. The summed E-state index contributed by atoms with van der Waals surface area (Å²) in [6.45, 7) is 0. The number of hydrogen-bond donors (Lipinski definition) is 0. The summed E-state index contributed by atoms with van der Waals surface area (Å²) >= 11 is 5.60. The maximum atomic E-state index is 11.9. The first kappa shape index (κ1) is 10.7. The topological polar surface area (TPSA) is 52.3 Å². The second kappa shape index (κ2) is 4.37. The normalized spacial score (nSPS) is 10.1. The molecule has 2 rings (SSSR count). The van der Waals surface area contributed by atoms with Crippen molar-refractivity contribution in [2.24, 2.45) is 0 Å². The van der Waals surface area contributed by atoms with E-state index in [1.807, 2.05) is 0 Å². The lowest BCUT2D eigenvalue weighted by molar-refractivity contribution is 0.100. The second-order valence-electron chi connectivity index (χ2n) is 2.99. The highest BCUT2D eigenvalue weighted by Gasteiger charge is 2.18. The van der Waals surface area contributed by atoms with Crippen LogP contribution in [-0.2, 0) is 0 Å². The molecule has 0 atom stereocenters. The highest BCUT2D eigenvalue weighted by atomic mass is 35.5. The predicted octanol–water partition coefficient (Wildman–Crippen LogP) is 2.57. The number of carbonyl (C=O) groups is 1. The molecule has 0 aliphatic heterocycles. The Morgan fingerprint density at radius 3 is 2.88 bits per heavy atom. The molecule has 0 aliphatic rings.